The van der Waals surface area contributed by atoms with Gasteiger partial charge in [0.25, 0.3) is 0 Å². The van der Waals surface area contributed by atoms with Crippen LogP contribution in [0.3, 0.4) is 0 Å². The summed E-state index contributed by atoms with van der Waals surface area (Å²) in [4.78, 5) is 0. The monoisotopic (exact) mass is 482 g/mol. The number of hydrogen-bond donors (Lipinski definition) is 5. The van der Waals surface area contributed by atoms with E-state index in [2.05, 4.69) is 6.92 Å². The smallest absolute Gasteiger partial charge is 0.101 e. The SMILES string of the molecule is CCCCCCCCCCCCOCC(O)COCC(O)COCC(O)COCC(O)CO. The van der Waals surface area contributed by atoms with Gasteiger partial charge in [-0.15, -0.1) is 0 Å². The van der Waals surface area contributed by atoms with Crippen LogP contribution >= 0.6 is 0 Å². The van der Waals surface area contributed by atoms with Crippen molar-refractivity contribution in [3.63, 3.8) is 0 Å². The third-order valence-electron chi connectivity index (χ3n) is 5.02. The molecular weight excluding hydrogens is 432 g/mol. The van der Waals surface area contributed by atoms with E-state index in [1.165, 1.54) is 51.4 Å². The Hall–Kier alpha value is -0.360. The predicted octanol–water partition coefficient (Wildman–Crippen LogP) is 1.41. The first kappa shape index (κ1) is 32.6. The van der Waals surface area contributed by atoms with Gasteiger partial charge in [0.1, 0.15) is 24.4 Å². The molecule has 4 atom stereocenters. The van der Waals surface area contributed by atoms with Gasteiger partial charge in [0.2, 0.25) is 0 Å². The zero-order valence-corrected chi connectivity index (χ0v) is 20.6. The summed E-state index contributed by atoms with van der Waals surface area (Å²) in [5, 5.41) is 47.1. The molecule has 0 saturated carbocycles. The lowest BCUT2D eigenvalue weighted by Crippen LogP contribution is -2.30. The van der Waals surface area contributed by atoms with Crippen LogP contribution in [-0.4, -0.2) is 109 Å². The van der Waals surface area contributed by atoms with Crippen molar-refractivity contribution in [3.8, 4) is 0 Å². The van der Waals surface area contributed by atoms with Crippen molar-refractivity contribution >= 4 is 0 Å². The molecule has 5 N–H and O–H groups in total. The Morgan fingerprint density at radius 2 is 0.788 bits per heavy atom. The van der Waals surface area contributed by atoms with E-state index in [0.717, 1.165) is 12.8 Å². The molecule has 0 radical (unpaired) electrons. The maximum atomic E-state index is 9.87. The quantitative estimate of drug-likeness (QED) is 0.116. The van der Waals surface area contributed by atoms with E-state index in [-0.39, 0.29) is 46.2 Å². The first-order valence-corrected chi connectivity index (χ1v) is 12.6. The van der Waals surface area contributed by atoms with Gasteiger partial charge in [-0.2, -0.15) is 0 Å². The van der Waals surface area contributed by atoms with Crippen LogP contribution in [0.15, 0.2) is 0 Å². The Bertz CT molecular complexity index is 387. The van der Waals surface area contributed by atoms with Gasteiger partial charge in [0.15, 0.2) is 0 Å². The lowest BCUT2D eigenvalue weighted by molar-refractivity contribution is -0.0768. The minimum absolute atomic E-state index is 0.00475. The molecule has 0 aliphatic heterocycles. The second kappa shape index (κ2) is 24.8. The van der Waals surface area contributed by atoms with Crippen molar-refractivity contribution in [1.82, 2.24) is 0 Å². The maximum absolute atomic E-state index is 9.87. The average molecular weight is 483 g/mol. The van der Waals surface area contributed by atoms with Gasteiger partial charge in [0, 0.05) is 6.61 Å². The third kappa shape index (κ3) is 24.6. The molecule has 0 bridgehead atoms. The fraction of sp³-hybridized carbons (Fsp3) is 1.00. The second-order valence-corrected chi connectivity index (χ2v) is 8.67. The van der Waals surface area contributed by atoms with E-state index >= 15 is 0 Å². The zero-order chi connectivity index (χ0) is 24.6. The van der Waals surface area contributed by atoms with Crippen LogP contribution in [0, 0.1) is 0 Å². The summed E-state index contributed by atoms with van der Waals surface area (Å²) in [6.07, 6.45) is 9.21. The molecule has 0 aliphatic rings. The average Bonchev–Trinajstić information content (AvgIpc) is 2.79. The van der Waals surface area contributed by atoms with Crippen molar-refractivity contribution in [2.24, 2.45) is 0 Å². The van der Waals surface area contributed by atoms with Crippen molar-refractivity contribution in [2.45, 2.75) is 95.5 Å². The standard InChI is InChI=1S/C24H50O9/c1-2-3-4-5-6-7-8-9-10-11-12-30-15-22(27)16-32-19-24(29)20-33-18-23(28)17-31-14-21(26)13-25/h21-29H,2-20H2,1H3. The van der Waals surface area contributed by atoms with Crippen molar-refractivity contribution in [2.75, 3.05) is 59.5 Å². The lowest BCUT2D eigenvalue weighted by atomic mass is 10.1. The van der Waals surface area contributed by atoms with Crippen LogP contribution in [0.25, 0.3) is 0 Å². The van der Waals surface area contributed by atoms with Crippen LogP contribution in [0.2, 0.25) is 0 Å². The van der Waals surface area contributed by atoms with Crippen LogP contribution in [0.5, 0.6) is 0 Å². The first-order valence-electron chi connectivity index (χ1n) is 12.6. The Morgan fingerprint density at radius 1 is 0.455 bits per heavy atom. The van der Waals surface area contributed by atoms with Crippen LogP contribution in [-0.2, 0) is 18.9 Å². The van der Waals surface area contributed by atoms with Gasteiger partial charge in [-0.05, 0) is 6.42 Å². The minimum Gasteiger partial charge on any atom is -0.394 e. The third-order valence-corrected chi connectivity index (χ3v) is 5.02. The summed E-state index contributed by atoms with van der Waals surface area (Å²) in [7, 11) is 0. The van der Waals surface area contributed by atoms with Crippen molar-refractivity contribution in [3.05, 3.63) is 0 Å². The van der Waals surface area contributed by atoms with E-state index in [9.17, 15) is 15.3 Å². The van der Waals surface area contributed by atoms with Crippen LogP contribution < -0.4 is 0 Å². The zero-order valence-electron chi connectivity index (χ0n) is 20.6. The van der Waals surface area contributed by atoms with E-state index in [0.29, 0.717) is 6.61 Å². The number of rotatable bonds is 26. The molecule has 200 valence electrons. The maximum Gasteiger partial charge on any atom is 0.101 e. The van der Waals surface area contributed by atoms with E-state index in [1.807, 2.05) is 0 Å². The fourth-order valence-electron chi connectivity index (χ4n) is 3.13. The van der Waals surface area contributed by atoms with Crippen LogP contribution in [0.1, 0.15) is 71.1 Å². The lowest BCUT2D eigenvalue weighted by Gasteiger charge is -2.16. The molecule has 0 aliphatic carbocycles. The highest BCUT2D eigenvalue weighted by atomic mass is 16.5. The molecule has 0 aromatic carbocycles. The number of aliphatic hydroxyl groups is 5. The van der Waals surface area contributed by atoms with E-state index < -0.39 is 31.0 Å². The van der Waals surface area contributed by atoms with Gasteiger partial charge in [0.05, 0.1) is 52.9 Å². The molecule has 4 unspecified atom stereocenters. The normalized spacial score (nSPS) is 15.5. The number of aliphatic hydroxyl groups excluding tert-OH is 5. The molecule has 0 amide bonds. The van der Waals surface area contributed by atoms with Crippen LogP contribution in [0.4, 0.5) is 0 Å². The Morgan fingerprint density at radius 3 is 1.18 bits per heavy atom. The van der Waals surface area contributed by atoms with Gasteiger partial charge in [-0.25, -0.2) is 0 Å². The fourth-order valence-corrected chi connectivity index (χ4v) is 3.13. The summed E-state index contributed by atoms with van der Waals surface area (Å²) >= 11 is 0. The highest BCUT2D eigenvalue weighted by Crippen LogP contribution is 2.10. The highest BCUT2D eigenvalue weighted by Gasteiger charge is 2.11. The molecule has 0 spiro atoms. The molecule has 0 saturated heterocycles. The number of unbranched alkanes of at least 4 members (excludes halogenated alkanes) is 9. The van der Waals surface area contributed by atoms with Crippen molar-refractivity contribution < 1.29 is 44.5 Å². The van der Waals surface area contributed by atoms with Crippen molar-refractivity contribution in [1.29, 1.82) is 0 Å². The molecule has 0 aromatic heterocycles. The second-order valence-electron chi connectivity index (χ2n) is 8.67. The number of ether oxygens (including phenoxy) is 4. The molecule has 0 heterocycles. The number of hydrogen-bond acceptors (Lipinski definition) is 9. The summed E-state index contributed by atoms with van der Waals surface area (Å²) in [5.41, 5.74) is 0. The van der Waals surface area contributed by atoms with Gasteiger partial charge in [-0.3, -0.25) is 0 Å². The molecule has 9 heteroatoms. The topological polar surface area (TPSA) is 138 Å². The highest BCUT2D eigenvalue weighted by molar-refractivity contribution is 4.58. The largest absolute Gasteiger partial charge is 0.394 e. The van der Waals surface area contributed by atoms with E-state index in [4.69, 9.17) is 29.2 Å². The predicted molar refractivity (Wildman–Crippen MR) is 126 cm³/mol. The molecule has 0 aromatic rings. The molecule has 9 nitrogen and oxygen atoms in total. The Balaban J connectivity index is 3.40. The Labute approximate surface area is 200 Å². The molecule has 0 fully saturated rings. The molecular formula is C24H50O9. The molecule has 33 heavy (non-hydrogen) atoms. The van der Waals surface area contributed by atoms with E-state index in [1.54, 1.807) is 0 Å². The summed E-state index contributed by atoms with van der Waals surface area (Å²) in [5.74, 6) is 0. The summed E-state index contributed by atoms with van der Waals surface area (Å²) < 4.78 is 21.0. The van der Waals surface area contributed by atoms with Gasteiger partial charge in [-0.1, -0.05) is 64.7 Å². The summed E-state index contributed by atoms with van der Waals surface area (Å²) in [6, 6.07) is 0. The first-order chi connectivity index (χ1) is 16.0. The Kier molecular flexibility index (Phi) is 24.5. The van der Waals surface area contributed by atoms with Gasteiger partial charge < -0.3 is 44.5 Å². The minimum atomic E-state index is -0.974. The molecule has 0 rings (SSSR count). The summed E-state index contributed by atoms with van der Waals surface area (Å²) in [6.45, 7) is 2.56. The van der Waals surface area contributed by atoms with Gasteiger partial charge >= 0.3 is 0 Å².